The van der Waals surface area contributed by atoms with E-state index in [9.17, 15) is 0 Å². The predicted octanol–water partition coefficient (Wildman–Crippen LogP) is 1.82. The maximum Gasteiger partial charge on any atom is 0.0644 e. The van der Waals surface area contributed by atoms with Gasteiger partial charge in [-0.15, -0.1) is 0 Å². The molecule has 0 radical (unpaired) electrons. The van der Waals surface area contributed by atoms with Gasteiger partial charge in [0.15, 0.2) is 0 Å². The van der Waals surface area contributed by atoms with Crippen LogP contribution in [-0.4, -0.2) is 28.0 Å². The Hall–Kier alpha value is -1.65. The lowest BCUT2D eigenvalue weighted by atomic mass is 10.1. The number of aliphatic hydroxyl groups is 1. The molecule has 1 aromatic carbocycles. The summed E-state index contributed by atoms with van der Waals surface area (Å²) in [5.41, 5.74) is 4.78. The smallest absolute Gasteiger partial charge is 0.0644 e. The summed E-state index contributed by atoms with van der Waals surface area (Å²) in [4.78, 5) is 0. The minimum absolute atomic E-state index is 0.128. The fraction of sp³-hybridized carbons (Fsp3) is 0.438. The van der Waals surface area contributed by atoms with Gasteiger partial charge in [0.2, 0.25) is 0 Å². The van der Waals surface area contributed by atoms with Gasteiger partial charge in [-0.05, 0) is 32.4 Å². The Balaban J connectivity index is 1.85. The SMILES string of the molecule is Cc1nn(CCO)c(C)c1CNCCc1ccccc1. The number of nitrogens with zero attached hydrogens (tertiary/aromatic N) is 2. The van der Waals surface area contributed by atoms with Crippen LogP contribution in [0.1, 0.15) is 22.5 Å². The van der Waals surface area contributed by atoms with Gasteiger partial charge in [-0.1, -0.05) is 30.3 Å². The van der Waals surface area contributed by atoms with Gasteiger partial charge in [-0.2, -0.15) is 5.10 Å². The lowest BCUT2D eigenvalue weighted by Gasteiger charge is -2.06. The number of nitrogens with one attached hydrogen (secondary N) is 1. The van der Waals surface area contributed by atoms with Crippen molar-refractivity contribution in [1.82, 2.24) is 15.1 Å². The van der Waals surface area contributed by atoms with Crippen molar-refractivity contribution in [1.29, 1.82) is 0 Å². The Morgan fingerprint density at radius 3 is 2.65 bits per heavy atom. The maximum absolute atomic E-state index is 9.01. The third kappa shape index (κ3) is 3.68. The molecular formula is C16H23N3O. The normalized spacial score (nSPS) is 10.9. The van der Waals surface area contributed by atoms with E-state index >= 15 is 0 Å². The van der Waals surface area contributed by atoms with E-state index in [0.29, 0.717) is 6.54 Å². The van der Waals surface area contributed by atoms with Crippen LogP contribution in [0.4, 0.5) is 0 Å². The molecule has 4 heteroatoms. The molecule has 0 bridgehead atoms. The Kier molecular flexibility index (Phi) is 5.32. The molecule has 0 saturated heterocycles. The van der Waals surface area contributed by atoms with Crippen molar-refractivity contribution in [3.8, 4) is 0 Å². The largest absolute Gasteiger partial charge is 0.394 e. The van der Waals surface area contributed by atoms with E-state index in [1.54, 1.807) is 0 Å². The molecule has 0 fully saturated rings. The molecule has 108 valence electrons. The molecule has 0 spiro atoms. The lowest BCUT2D eigenvalue weighted by molar-refractivity contribution is 0.267. The second-order valence-corrected chi connectivity index (χ2v) is 5.01. The predicted molar refractivity (Wildman–Crippen MR) is 80.6 cm³/mol. The van der Waals surface area contributed by atoms with Crippen LogP contribution in [0, 0.1) is 13.8 Å². The summed E-state index contributed by atoms with van der Waals surface area (Å²) in [5.74, 6) is 0. The van der Waals surface area contributed by atoms with Crippen LogP contribution < -0.4 is 5.32 Å². The molecule has 0 atom stereocenters. The molecule has 0 saturated carbocycles. The Morgan fingerprint density at radius 2 is 1.95 bits per heavy atom. The van der Waals surface area contributed by atoms with Crippen LogP contribution in [-0.2, 0) is 19.5 Å². The summed E-state index contributed by atoms with van der Waals surface area (Å²) in [6.45, 7) is 6.56. The molecule has 0 aliphatic heterocycles. The molecule has 2 aromatic rings. The van der Waals surface area contributed by atoms with Crippen molar-refractivity contribution < 1.29 is 5.11 Å². The van der Waals surface area contributed by atoms with E-state index < -0.39 is 0 Å². The number of aliphatic hydroxyl groups excluding tert-OH is 1. The molecular weight excluding hydrogens is 250 g/mol. The second-order valence-electron chi connectivity index (χ2n) is 5.01. The summed E-state index contributed by atoms with van der Waals surface area (Å²) in [7, 11) is 0. The van der Waals surface area contributed by atoms with Crippen LogP contribution in [0.3, 0.4) is 0 Å². The van der Waals surface area contributed by atoms with Gasteiger partial charge >= 0.3 is 0 Å². The van der Waals surface area contributed by atoms with Gasteiger partial charge in [0, 0.05) is 17.8 Å². The van der Waals surface area contributed by atoms with Gasteiger partial charge < -0.3 is 10.4 Å². The standard InChI is InChI=1S/C16H23N3O/c1-13-16(14(2)19(18-13)10-11-20)12-17-9-8-15-6-4-3-5-7-15/h3-7,17,20H,8-12H2,1-2H3. The van der Waals surface area contributed by atoms with Crippen LogP contribution in [0.5, 0.6) is 0 Å². The van der Waals surface area contributed by atoms with Crippen molar-refractivity contribution in [3.05, 3.63) is 52.8 Å². The molecule has 20 heavy (non-hydrogen) atoms. The molecule has 1 heterocycles. The van der Waals surface area contributed by atoms with Crippen LogP contribution in [0.25, 0.3) is 0 Å². The summed E-state index contributed by atoms with van der Waals surface area (Å²) >= 11 is 0. The molecule has 0 aliphatic rings. The molecule has 2 rings (SSSR count). The van der Waals surface area contributed by atoms with E-state index in [1.165, 1.54) is 11.1 Å². The zero-order valence-corrected chi connectivity index (χ0v) is 12.3. The van der Waals surface area contributed by atoms with Crippen molar-refractivity contribution >= 4 is 0 Å². The summed E-state index contributed by atoms with van der Waals surface area (Å²) in [6, 6.07) is 10.5. The first-order chi connectivity index (χ1) is 9.72. The fourth-order valence-electron chi connectivity index (χ4n) is 2.39. The average Bonchev–Trinajstić information content (AvgIpc) is 2.72. The first-order valence-corrected chi connectivity index (χ1v) is 7.10. The fourth-order valence-corrected chi connectivity index (χ4v) is 2.39. The zero-order valence-electron chi connectivity index (χ0n) is 12.3. The highest BCUT2D eigenvalue weighted by Crippen LogP contribution is 2.12. The molecule has 2 N–H and O–H groups in total. The van der Waals surface area contributed by atoms with E-state index in [2.05, 4.69) is 41.6 Å². The first kappa shape index (κ1) is 14.8. The second kappa shape index (κ2) is 7.22. The quantitative estimate of drug-likeness (QED) is 0.757. The topological polar surface area (TPSA) is 50.1 Å². The highest BCUT2D eigenvalue weighted by Gasteiger charge is 2.10. The molecule has 1 aromatic heterocycles. The molecule has 0 aliphatic carbocycles. The van der Waals surface area contributed by atoms with Gasteiger partial charge in [0.1, 0.15) is 0 Å². The lowest BCUT2D eigenvalue weighted by Crippen LogP contribution is -2.17. The minimum Gasteiger partial charge on any atom is -0.394 e. The summed E-state index contributed by atoms with van der Waals surface area (Å²) in [5, 5.41) is 16.9. The number of benzene rings is 1. The maximum atomic E-state index is 9.01. The average molecular weight is 273 g/mol. The van der Waals surface area contributed by atoms with Crippen molar-refractivity contribution in [2.24, 2.45) is 0 Å². The van der Waals surface area contributed by atoms with Gasteiger partial charge in [0.25, 0.3) is 0 Å². The number of rotatable bonds is 7. The van der Waals surface area contributed by atoms with Gasteiger partial charge in [0.05, 0.1) is 18.8 Å². The highest BCUT2D eigenvalue weighted by molar-refractivity contribution is 5.24. The Morgan fingerprint density at radius 1 is 1.20 bits per heavy atom. The summed E-state index contributed by atoms with van der Waals surface area (Å²) in [6.07, 6.45) is 1.03. The van der Waals surface area contributed by atoms with Crippen molar-refractivity contribution in [2.45, 2.75) is 33.4 Å². The molecule has 4 nitrogen and oxygen atoms in total. The number of aromatic nitrogens is 2. The highest BCUT2D eigenvalue weighted by atomic mass is 16.3. The van der Waals surface area contributed by atoms with E-state index in [4.69, 9.17) is 5.11 Å². The molecule has 0 unspecified atom stereocenters. The minimum atomic E-state index is 0.128. The first-order valence-electron chi connectivity index (χ1n) is 7.10. The number of aryl methyl sites for hydroxylation is 1. The Bertz CT molecular complexity index is 534. The number of hydrogen-bond acceptors (Lipinski definition) is 3. The van der Waals surface area contributed by atoms with Crippen LogP contribution in [0.15, 0.2) is 30.3 Å². The van der Waals surface area contributed by atoms with Crippen molar-refractivity contribution in [2.75, 3.05) is 13.2 Å². The Labute approximate surface area is 120 Å². The van der Waals surface area contributed by atoms with E-state index in [0.717, 1.165) is 30.9 Å². The third-order valence-electron chi connectivity index (χ3n) is 3.58. The van der Waals surface area contributed by atoms with E-state index in [-0.39, 0.29) is 6.61 Å². The molecule has 0 amide bonds. The van der Waals surface area contributed by atoms with Crippen molar-refractivity contribution in [3.63, 3.8) is 0 Å². The van der Waals surface area contributed by atoms with Crippen LogP contribution in [0.2, 0.25) is 0 Å². The van der Waals surface area contributed by atoms with Gasteiger partial charge in [-0.3, -0.25) is 4.68 Å². The summed E-state index contributed by atoms with van der Waals surface area (Å²) < 4.78 is 1.88. The van der Waals surface area contributed by atoms with Gasteiger partial charge in [-0.25, -0.2) is 0 Å². The van der Waals surface area contributed by atoms with Crippen LogP contribution >= 0.6 is 0 Å². The zero-order chi connectivity index (χ0) is 14.4. The van der Waals surface area contributed by atoms with E-state index in [1.807, 2.05) is 17.7 Å². The third-order valence-corrected chi connectivity index (χ3v) is 3.58. The number of hydrogen-bond donors (Lipinski definition) is 2. The monoisotopic (exact) mass is 273 g/mol.